The Balaban J connectivity index is 1.89. The van der Waals surface area contributed by atoms with Crippen LogP contribution in [0, 0.1) is 11.6 Å². The molecule has 0 bridgehead atoms. The van der Waals surface area contributed by atoms with E-state index in [9.17, 15) is 13.6 Å². The maximum absolute atomic E-state index is 13.4. The van der Waals surface area contributed by atoms with Crippen LogP contribution in [0.25, 0.3) is 0 Å². The molecule has 1 aromatic carbocycles. The van der Waals surface area contributed by atoms with E-state index < -0.39 is 17.5 Å². The number of benzene rings is 1. The maximum Gasteiger partial charge on any atom is 0.287 e. The Morgan fingerprint density at radius 2 is 2.25 bits per heavy atom. The number of hydrogen-bond acceptors (Lipinski definition) is 5. The van der Waals surface area contributed by atoms with Gasteiger partial charge in [-0.1, -0.05) is 5.21 Å². The standard InChI is InChI=1S/C11H11F2N5OS/c12-7-1-2-10(8(13)5-7)20-4-3-18-6-9(16-17-18)11(19)15-14/h1-2,5-6H,3-4,14H2,(H,15,19). The van der Waals surface area contributed by atoms with E-state index in [1.165, 1.54) is 34.8 Å². The Morgan fingerprint density at radius 1 is 1.45 bits per heavy atom. The summed E-state index contributed by atoms with van der Waals surface area (Å²) in [5.74, 6) is 3.72. The Morgan fingerprint density at radius 3 is 2.95 bits per heavy atom. The lowest BCUT2D eigenvalue weighted by atomic mass is 10.3. The van der Waals surface area contributed by atoms with Crippen LogP contribution < -0.4 is 11.3 Å². The molecule has 0 fully saturated rings. The summed E-state index contributed by atoms with van der Waals surface area (Å²) in [5.41, 5.74) is 2.05. The molecule has 0 aliphatic heterocycles. The lowest BCUT2D eigenvalue weighted by molar-refractivity contribution is 0.0948. The van der Waals surface area contributed by atoms with Crippen molar-refractivity contribution in [3.05, 3.63) is 41.7 Å². The summed E-state index contributed by atoms with van der Waals surface area (Å²) in [5, 5.41) is 7.37. The minimum atomic E-state index is -0.611. The molecule has 0 aliphatic rings. The minimum absolute atomic E-state index is 0.102. The van der Waals surface area contributed by atoms with Crippen LogP contribution in [0.3, 0.4) is 0 Å². The van der Waals surface area contributed by atoms with E-state index in [0.29, 0.717) is 17.2 Å². The average Bonchev–Trinajstić information content (AvgIpc) is 2.89. The van der Waals surface area contributed by atoms with Crippen molar-refractivity contribution in [1.82, 2.24) is 20.4 Å². The zero-order valence-electron chi connectivity index (χ0n) is 10.2. The fourth-order valence-electron chi connectivity index (χ4n) is 1.43. The SMILES string of the molecule is NNC(=O)c1cn(CCSc2ccc(F)cc2F)nn1. The van der Waals surface area contributed by atoms with Crippen molar-refractivity contribution in [3.63, 3.8) is 0 Å². The van der Waals surface area contributed by atoms with Crippen molar-refractivity contribution in [3.8, 4) is 0 Å². The molecule has 0 spiro atoms. The fourth-order valence-corrected chi connectivity index (χ4v) is 2.29. The van der Waals surface area contributed by atoms with Gasteiger partial charge in [-0.15, -0.1) is 16.9 Å². The van der Waals surface area contributed by atoms with Gasteiger partial charge in [-0.2, -0.15) is 0 Å². The highest BCUT2D eigenvalue weighted by atomic mass is 32.2. The van der Waals surface area contributed by atoms with Crippen molar-refractivity contribution >= 4 is 17.7 Å². The number of amides is 1. The monoisotopic (exact) mass is 299 g/mol. The van der Waals surface area contributed by atoms with E-state index in [1.54, 1.807) is 0 Å². The van der Waals surface area contributed by atoms with E-state index in [2.05, 4.69) is 10.3 Å². The van der Waals surface area contributed by atoms with Crippen molar-refractivity contribution in [1.29, 1.82) is 0 Å². The zero-order valence-corrected chi connectivity index (χ0v) is 11.0. The topological polar surface area (TPSA) is 85.8 Å². The smallest absolute Gasteiger partial charge is 0.287 e. The summed E-state index contributed by atoms with van der Waals surface area (Å²) >= 11 is 1.22. The van der Waals surface area contributed by atoms with Gasteiger partial charge >= 0.3 is 0 Å². The average molecular weight is 299 g/mol. The lowest BCUT2D eigenvalue weighted by Gasteiger charge is -2.03. The molecule has 0 saturated carbocycles. The lowest BCUT2D eigenvalue weighted by Crippen LogP contribution is -2.30. The highest BCUT2D eigenvalue weighted by molar-refractivity contribution is 7.99. The van der Waals surface area contributed by atoms with Gasteiger partial charge in [0.15, 0.2) is 5.69 Å². The van der Waals surface area contributed by atoms with Crippen LogP contribution in [0.2, 0.25) is 0 Å². The van der Waals surface area contributed by atoms with Gasteiger partial charge in [0.25, 0.3) is 5.91 Å². The molecular formula is C11H11F2N5OS. The van der Waals surface area contributed by atoms with Gasteiger partial charge in [0, 0.05) is 16.7 Å². The molecule has 0 radical (unpaired) electrons. The van der Waals surface area contributed by atoms with E-state index in [-0.39, 0.29) is 5.69 Å². The third-order valence-corrected chi connectivity index (χ3v) is 3.40. The second-order valence-corrected chi connectivity index (χ2v) is 4.90. The number of nitrogen functional groups attached to an aromatic ring is 1. The fraction of sp³-hybridized carbons (Fsp3) is 0.182. The summed E-state index contributed by atoms with van der Waals surface area (Å²) in [6.07, 6.45) is 1.43. The Kier molecular flexibility index (Phi) is 4.64. The van der Waals surface area contributed by atoms with Gasteiger partial charge in [0.2, 0.25) is 0 Å². The first-order chi connectivity index (χ1) is 9.60. The summed E-state index contributed by atoms with van der Waals surface area (Å²) in [6.45, 7) is 0.423. The highest BCUT2D eigenvalue weighted by Gasteiger charge is 2.09. The largest absolute Gasteiger partial charge is 0.289 e. The molecule has 0 aliphatic carbocycles. The number of carbonyl (C=O) groups excluding carboxylic acids is 1. The molecule has 3 N–H and O–H groups in total. The molecule has 1 amide bonds. The van der Waals surface area contributed by atoms with Crippen LogP contribution in [0.15, 0.2) is 29.3 Å². The Labute approximate surface area is 117 Å². The second kappa shape index (κ2) is 6.44. The summed E-state index contributed by atoms with van der Waals surface area (Å²) < 4.78 is 27.5. The first kappa shape index (κ1) is 14.4. The van der Waals surface area contributed by atoms with E-state index in [1.807, 2.05) is 5.43 Å². The van der Waals surface area contributed by atoms with Crippen LogP contribution in [0.1, 0.15) is 10.5 Å². The quantitative estimate of drug-likeness (QED) is 0.371. The number of nitrogens with one attached hydrogen (secondary N) is 1. The van der Waals surface area contributed by atoms with Crippen LogP contribution in [-0.2, 0) is 6.54 Å². The summed E-state index contributed by atoms with van der Waals surface area (Å²) in [6, 6.07) is 3.41. The number of halogens is 2. The number of aryl methyl sites for hydroxylation is 1. The van der Waals surface area contributed by atoms with Gasteiger partial charge in [-0.3, -0.25) is 14.9 Å². The predicted octanol–water partition coefficient (Wildman–Crippen LogP) is 0.952. The molecule has 2 aromatic rings. The third-order valence-electron chi connectivity index (χ3n) is 2.37. The number of nitrogens with zero attached hydrogens (tertiary/aromatic N) is 3. The number of carbonyl (C=O) groups is 1. The number of hydrazine groups is 1. The zero-order chi connectivity index (χ0) is 14.5. The normalized spacial score (nSPS) is 10.6. The molecule has 0 atom stereocenters. The molecule has 106 valence electrons. The number of hydrogen-bond donors (Lipinski definition) is 2. The van der Waals surface area contributed by atoms with Crippen LogP contribution in [-0.4, -0.2) is 26.7 Å². The van der Waals surface area contributed by atoms with E-state index >= 15 is 0 Å². The van der Waals surface area contributed by atoms with Crippen LogP contribution >= 0.6 is 11.8 Å². The van der Waals surface area contributed by atoms with Crippen molar-refractivity contribution in [2.45, 2.75) is 11.4 Å². The van der Waals surface area contributed by atoms with Gasteiger partial charge < -0.3 is 0 Å². The molecule has 1 aromatic heterocycles. The molecule has 20 heavy (non-hydrogen) atoms. The van der Waals surface area contributed by atoms with Crippen LogP contribution in [0.5, 0.6) is 0 Å². The summed E-state index contributed by atoms with van der Waals surface area (Å²) in [4.78, 5) is 11.5. The molecule has 1 heterocycles. The molecule has 0 saturated heterocycles. The number of nitrogens with two attached hydrogens (primary N) is 1. The molecule has 6 nitrogen and oxygen atoms in total. The predicted molar refractivity (Wildman–Crippen MR) is 68.8 cm³/mol. The number of thioether (sulfide) groups is 1. The van der Waals surface area contributed by atoms with E-state index in [0.717, 1.165) is 6.07 Å². The van der Waals surface area contributed by atoms with Crippen molar-refractivity contribution in [2.75, 3.05) is 5.75 Å². The van der Waals surface area contributed by atoms with E-state index in [4.69, 9.17) is 5.84 Å². The first-order valence-electron chi connectivity index (χ1n) is 5.59. The minimum Gasteiger partial charge on any atom is -0.289 e. The van der Waals surface area contributed by atoms with Gasteiger partial charge in [-0.25, -0.2) is 14.6 Å². The third kappa shape index (κ3) is 3.52. The summed E-state index contributed by atoms with van der Waals surface area (Å²) in [7, 11) is 0. The Bertz CT molecular complexity index is 619. The Hall–Kier alpha value is -2.00. The molecule has 9 heteroatoms. The molecule has 2 rings (SSSR count). The molecular weight excluding hydrogens is 288 g/mol. The van der Waals surface area contributed by atoms with Gasteiger partial charge in [0.1, 0.15) is 11.6 Å². The number of aromatic nitrogens is 3. The number of rotatable bonds is 5. The highest BCUT2D eigenvalue weighted by Crippen LogP contribution is 2.22. The second-order valence-electron chi connectivity index (χ2n) is 3.76. The first-order valence-corrected chi connectivity index (χ1v) is 6.57. The van der Waals surface area contributed by atoms with Crippen LogP contribution in [0.4, 0.5) is 8.78 Å². The van der Waals surface area contributed by atoms with Crippen molar-refractivity contribution in [2.24, 2.45) is 5.84 Å². The van der Waals surface area contributed by atoms with Gasteiger partial charge in [0.05, 0.1) is 12.7 Å². The maximum atomic E-state index is 13.4. The molecule has 0 unspecified atom stereocenters. The van der Waals surface area contributed by atoms with Gasteiger partial charge in [-0.05, 0) is 12.1 Å². The van der Waals surface area contributed by atoms with Crippen molar-refractivity contribution < 1.29 is 13.6 Å².